The molecule has 1 aromatic carbocycles. The number of carbonyl (C=O) groups is 3. The zero-order valence-electron chi connectivity index (χ0n) is 18.4. The monoisotopic (exact) mass is 503 g/mol. The highest BCUT2D eigenvalue weighted by Gasteiger charge is 2.44. The van der Waals surface area contributed by atoms with Crippen LogP contribution < -0.4 is 15.4 Å². The Bertz CT molecular complexity index is 1140. The first-order valence-electron chi connectivity index (χ1n) is 10.3. The maximum absolute atomic E-state index is 12.9. The number of allylic oxidation sites excluding steroid dienone is 1. The first-order chi connectivity index (χ1) is 16.4. The lowest BCUT2D eigenvalue weighted by molar-refractivity contribution is -0.150. The molecule has 0 fully saturated rings. The van der Waals surface area contributed by atoms with Crippen molar-refractivity contribution in [2.45, 2.75) is 19.4 Å². The molecule has 0 saturated heterocycles. The summed E-state index contributed by atoms with van der Waals surface area (Å²) in [6, 6.07) is 10.3. The predicted molar refractivity (Wildman–Crippen MR) is 125 cm³/mol. The van der Waals surface area contributed by atoms with E-state index in [9.17, 15) is 19.6 Å². The lowest BCUT2D eigenvalue weighted by atomic mass is 9.78. The van der Waals surface area contributed by atoms with Gasteiger partial charge in [-0.2, -0.15) is 5.26 Å². The van der Waals surface area contributed by atoms with Crippen molar-refractivity contribution in [1.29, 1.82) is 5.26 Å². The van der Waals surface area contributed by atoms with Gasteiger partial charge in [0.1, 0.15) is 17.4 Å². The van der Waals surface area contributed by atoms with Gasteiger partial charge in [-0.05, 0) is 36.8 Å². The predicted octanol–water partition coefficient (Wildman–Crippen LogP) is 3.12. The average molecular weight is 504 g/mol. The van der Waals surface area contributed by atoms with Crippen LogP contribution in [-0.4, -0.2) is 37.3 Å². The zero-order chi connectivity index (χ0) is 24.7. The normalized spacial score (nSPS) is 17.5. The molecule has 0 radical (unpaired) electrons. The number of nitrogens with one attached hydrogen (secondary N) is 2. The molecule has 11 heteroatoms. The number of nitrogens with zero attached hydrogens (tertiary/aromatic N) is 1. The SMILES string of the molecule is CCOc1ccc([C@@H]2C(C#N)=C(SCC(=O)NCc3ccco3)NC(=O)[C@H]2C(=O)OC)cc1Cl. The molecular weight excluding hydrogens is 482 g/mol. The van der Waals surface area contributed by atoms with Gasteiger partial charge in [-0.15, -0.1) is 0 Å². The third kappa shape index (κ3) is 5.73. The first-order valence-corrected chi connectivity index (χ1v) is 11.6. The lowest BCUT2D eigenvalue weighted by Gasteiger charge is -2.31. The molecule has 34 heavy (non-hydrogen) atoms. The Morgan fingerprint density at radius 3 is 2.76 bits per heavy atom. The molecule has 0 unspecified atom stereocenters. The highest BCUT2D eigenvalue weighted by Crippen LogP contribution is 2.42. The van der Waals surface area contributed by atoms with Crippen molar-refractivity contribution in [3.63, 3.8) is 0 Å². The van der Waals surface area contributed by atoms with E-state index >= 15 is 0 Å². The van der Waals surface area contributed by atoms with Crippen LogP contribution in [0.25, 0.3) is 0 Å². The highest BCUT2D eigenvalue weighted by atomic mass is 35.5. The fourth-order valence-electron chi connectivity index (χ4n) is 3.45. The van der Waals surface area contributed by atoms with Crippen molar-refractivity contribution < 1.29 is 28.3 Å². The summed E-state index contributed by atoms with van der Waals surface area (Å²) in [6.45, 7) is 2.43. The summed E-state index contributed by atoms with van der Waals surface area (Å²) < 4.78 is 15.5. The number of thioether (sulfide) groups is 1. The second-order valence-electron chi connectivity index (χ2n) is 7.09. The molecule has 0 spiro atoms. The molecule has 1 aliphatic rings. The maximum Gasteiger partial charge on any atom is 0.319 e. The number of halogens is 1. The number of benzene rings is 1. The Labute approximate surface area is 205 Å². The van der Waals surface area contributed by atoms with Gasteiger partial charge >= 0.3 is 5.97 Å². The maximum atomic E-state index is 12.9. The van der Waals surface area contributed by atoms with Crippen molar-refractivity contribution in [2.75, 3.05) is 19.5 Å². The Hall–Kier alpha value is -3.42. The summed E-state index contributed by atoms with van der Waals surface area (Å²) in [6.07, 6.45) is 1.50. The minimum atomic E-state index is -1.30. The minimum Gasteiger partial charge on any atom is -0.492 e. The van der Waals surface area contributed by atoms with Crippen molar-refractivity contribution in [3.8, 4) is 11.8 Å². The van der Waals surface area contributed by atoms with Crippen LogP contribution in [-0.2, 0) is 25.7 Å². The standard InChI is InChI=1S/C23H22ClN3O6S/c1-3-32-17-7-6-13(9-16(17)24)19-15(10-25)22(27-21(29)20(19)23(30)31-2)34-12-18(28)26-11-14-5-4-8-33-14/h4-9,19-20H,3,11-12H2,1-2H3,(H,26,28)(H,27,29)/t19-,20+/m1/s1. The van der Waals surface area contributed by atoms with Crippen molar-refractivity contribution in [2.24, 2.45) is 5.92 Å². The van der Waals surface area contributed by atoms with Crippen LogP contribution in [0.3, 0.4) is 0 Å². The van der Waals surface area contributed by atoms with E-state index in [2.05, 4.69) is 16.7 Å². The summed E-state index contributed by atoms with van der Waals surface area (Å²) in [5, 5.41) is 15.7. The first kappa shape index (κ1) is 25.2. The Morgan fingerprint density at radius 2 is 2.15 bits per heavy atom. The van der Waals surface area contributed by atoms with Gasteiger partial charge in [0.15, 0.2) is 0 Å². The van der Waals surface area contributed by atoms with E-state index in [1.807, 2.05) is 6.92 Å². The molecular formula is C23H22ClN3O6S. The van der Waals surface area contributed by atoms with Gasteiger partial charge < -0.3 is 24.5 Å². The molecule has 0 bridgehead atoms. The average Bonchev–Trinajstić information content (AvgIpc) is 3.35. The number of nitriles is 1. The Kier molecular flexibility index (Phi) is 8.62. The number of amides is 2. The zero-order valence-corrected chi connectivity index (χ0v) is 20.0. The van der Waals surface area contributed by atoms with Crippen LogP contribution in [0.4, 0.5) is 0 Å². The van der Waals surface area contributed by atoms with E-state index in [1.54, 1.807) is 30.3 Å². The van der Waals surface area contributed by atoms with E-state index in [0.717, 1.165) is 11.8 Å². The van der Waals surface area contributed by atoms with Gasteiger partial charge in [0, 0.05) is 5.92 Å². The molecule has 3 rings (SSSR count). The largest absolute Gasteiger partial charge is 0.492 e. The van der Waals surface area contributed by atoms with Gasteiger partial charge in [0.25, 0.3) is 0 Å². The van der Waals surface area contributed by atoms with Crippen LogP contribution >= 0.6 is 23.4 Å². The molecule has 1 aromatic heterocycles. The van der Waals surface area contributed by atoms with Crippen LogP contribution in [0.5, 0.6) is 5.75 Å². The molecule has 2 N–H and O–H groups in total. The summed E-state index contributed by atoms with van der Waals surface area (Å²) in [5.74, 6) is -3.04. The minimum absolute atomic E-state index is 0.0683. The number of carbonyl (C=O) groups excluding carboxylic acids is 3. The number of hydrogen-bond acceptors (Lipinski definition) is 8. The molecule has 0 aliphatic carbocycles. The smallest absolute Gasteiger partial charge is 0.319 e. The second-order valence-corrected chi connectivity index (χ2v) is 8.48. The summed E-state index contributed by atoms with van der Waals surface area (Å²) >= 11 is 7.31. The van der Waals surface area contributed by atoms with Gasteiger partial charge in [-0.25, -0.2) is 0 Å². The highest BCUT2D eigenvalue weighted by molar-refractivity contribution is 8.03. The molecule has 2 amide bonds. The van der Waals surface area contributed by atoms with E-state index in [0.29, 0.717) is 23.7 Å². The number of rotatable bonds is 9. The van der Waals surface area contributed by atoms with E-state index in [-0.39, 0.29) is 33.8 Å². The Balaban J connectivity index is 1.89. The third-order valence-corrected chi connectivity index (χ3v) is 6.30. The van der Waals surface area contributed by atoms with Crippen LogP contribution in [0.15, 0.2) is 51.6 Å². The molecule has 1 aliphatic heterocycles. The van der Waals surface area contributed by atoms with E-state index in [1.165, 1.54) is 13.4 Å². The second kappa shape index (κ2) is 11.6. The number of methoxy groups -OCH3 is 1. The van der Waals surface area contributed by atoms with Gasteiger partial charge in [0.2, 0.25) is 11.8 Å². The van der Waals surface area contributed by atoms with Crippen molar-refractivity contribution in [3.05, 3.63) is 63.5 Å². The van der Waals surface area contributed by atoms with Crippen LogP contribution in [0.1, 0.15) is 24.2 Å². The molecule has 178 valence electrons. The lowest BCUT2D eigenvalue weighted by Crippen LogP contribution is -2.44. The molecule has 2 aromatic rings. The summed E-state index contributed by atoms with van der Waals surface area (Å²) in [5.41, 5.74) is 0.592. The summed E-state index contributed by atoms with van der Waals surface area (Å²) in [7, 11) is 1.17. The van der Waals surface area contributed by atoms with Gasteiger partial charge in [-0.3, -0.25) is 14.4 Å². The molecule has 2 atom stereocenters. The Morgan fingerprint density at radius 1 is 1.35 bits per heavy atom. The van der Waals surface area contributed by atoms with Gasteiger partial charge in [0.05, 0.1) is 54.0 Å². The van der Waals surface area contributed by atoms with Gasteiger partial charge in [-0.1, -0.05) is 29.4 Å². The number of esters is 1. The molecule has 9 nitrogen and oxygen atoms in total. The number of ether oxygens (including phenoxy) is 2. The number of furan rings is 1. The quantitative estimate of drug-likeness (QED) is 0.394. The third-order valence-electron chi connectivity index (χ3n) is 4.99. The molecule has 2 heterocycles. The summed E-state index contributed by atoms with van der Waals surface area (Å²) in [4.78, 5) is 37.7. The fourth-order valence-corrected chi connectivity index (χ4v) is 4.57. The van der Waals surface area contributed by atoms with Crippen molar-refractivity contribution >= 4 is 41.1 Å². The fraction of sp³-hybridized carbons (Fsp3) is 0.304. The van der Waals surface area contributed by atoms with Crippen LogP contribution in [0, 0.1) is 17.2 Å². The van der Waals surface area contributed by atoms with E-state index < -0.39 is 23.7 Å². The van der Waals surface area contributed by atoms with Crippen LogP contribution in [0.2, 0.25) is 5.02 Å². The topological polar surface area (TPSA) is 131 Å². The number of hydrogen-bond donors (Lipinski definition) is 2. The van der Waals surface area contributed by atoms with E-state index in [4.69, 9.17) is 25.5 Å². The van der Waals surface area contributed by atoms with Crippen molar-refractivity contribution in [1.82, 2.24) is 10.6 Å². The molecule has 0 saturated carbocycles.